The van der Waals surface area contributed by atoms with Crippen LogP contribution in [0.4, 0.5) is 4.39 Å². The molecule has 2 atom stereocenters. The fraction of sp³-hybridized carbons (Fsp3) is 0.417. The van der Waals surface area contributed by atoms with E-state index in [9.17, 15) is 14.0 Å². The number of piperidine rings is 1. The highest BCUT2D eigenvalue weighted by Gasteiger charge is 2.44. The molecule has 2 unspecified atom stereocenters. The zero-order chi connectivity index (χ0) is 21.3. The van der Waals surface area contributed by atoms with Crippen LogP contribution in [0.3, 0.4) is 0 Å². The molecule has 4 rings (SSSR count). The summed E-state index contributed by atoms with van der Waals surface area (Å²) in [5, 5.41) is 0. The average Bonchev–Trinajstić information content (AvgIpc) is 3.22. The number of carbonyl (C=O) groups excluding carboxylic acids is 2. The summed E-state index contributed by atoms with van der Waals surface area (Å²) in [6, 6.07) is 9.38. The van der Waals surface area contributed by atoms with Crippen LogP contribution in [0, 0.1) is 17.7 Å². The number of hydrogen-bond donors (Lipinski definition) is 0. The van der Waals surface area contributed by atoms with E-state index in [1.54, 1.807) is 30.2 Å². The standard InChI is InChI=1S/C24H27FN2O3/c1-16-8-10-26(11-9-16)23(18-5-3-6-19(25)14-18)22-21(28)13-17(2)27(24(22)29)15-20-7-4-12-30-20/h3-7,12-14,16,22-23H,8-11,15H2,1-2H3. The molecule has 3 heterocycles. The molecule has 6 heteroatoms. The highest BCUT2D eigenvalue weighted by atomic mass is 19.1. The molecule has 1 aromatic heterocycles. The summed E-state index contributed by atoms with van der Waals surface area (Å²) >= 11 is 0. The van der Waals surface area contributed by atoms with Crippen LogP contribution >= 0.6 is 0 Å². The number of carbonyl (C=O) groups is 2. The maximum Gasteiger partial charge on any atom is 0.240 e. The number of hydrogen-bond acceptors (Lipinski definition) is 4. The highest BCUT2D eigenvalue weighted by Crippen LogP contribution is 2.37. The van der Waals surface area contributed by atoms with Gasteiger partial charge in [-0.15, -0.1) is 0 Å². The average molecular weight is 410 g/mol. The van der Waals surface area contributed by atoms with Crippen LogP contribution in [0.25, 0.3) is 0 Å². The predicted octanol–water partition coefficient (Wildman–Crippen LogP) is 4.32. The van der Waals surface area contributed by atoms with Crippen molar-refractivity contribution < 1.29 is 18.4 Å². The monoisotopic (exact) mass is 410 g/mol. The second kappa shape index (κ2) is 8.56. The Morgan fingerprint density at radius 1 is 1.17 bits per heavy atom. The van der Waals surface area contributed by atoms with E-state index in [2.05, 4.69) is 11.8 Å². The Hall–Kier alpha value is -2.73. The lowest BCUT2D eigenvalue weighted by Gasteiger charge is -2.42. The van der Waals surface area contributed by atoms with E-state index in [1.807, 2.05) is 12.1 Å². The smallest absolute Gasteiger partial charge is 0.240 e. The van der Waals surface area contributed by atoms with E-state index < -0.39 is 12.0 Å². The van der Waals surface area contributed by atoms with Crippen molar-refractivity contribution in [1.82, 2.24) is 9.80 Å². The molecule has 0 spiro atoms. The number of likely N-dealkylation sites (tertiary alicyclic amines) is 1. The molecule has 5 nitrogen and oxygen atoms in total. The lowest BCUT2D eigenvalue weighted by molar-refractivity contribution is -0.144. The number of halogens is 1. The lowest BCUT2D eigenvalue weighted by atomic mass is 9.83. The summed E-state index contributed by atoms with van der Waals surface area (Å²) in [6.07, 6.45) is 5.08. The number of nitrogens with zero attached hydrogens (tertiary/aromatic N) is 2. The SMILES string of the molecule is CC1=CC(=O)C(C(c2cccc(F)c2)N2CCC(C)CC2)C(=O)N1Cc1ccco1. The molecule has 158 valence electrons. The van der Waals surface area contributed by atoms with E-state index in [0.29, 0.717) is 22.9 Å². The van der Waals surface area contributed by atoms with Crippen LogP contribution in [0.1, 0.15) is 44.1 Å². The van der Waals surface area contributed by atoms with Crippen molar-refractivity contribution in [3.8, 4) is 0 Å². The summed E-state index contributed by atoms with van der Waals surface area (Å²) in [6.45, 7) is 5.79. The Kier molecular flexibility index (Phi) is 5.86. The number of furan rings is 1. The molecule has 0 radical (unpaired) electrons. The topological polar surface area (TPSA) is 53.8 Å². The Morgan fingerprint density at radius 3 is 2.60 bits per heavy atom. The summed E-state index contributed by atoms with van der Waals surface area (Å²) in [5.74, 6) is -0.495. The van der Waals surface area contributed by atoms with Crippen LogP contribution in [0.2, 0.25) is 0 Å². The third kappa shape index (κ3) is 4.10. The molecule has 1 saturated heterocycles. The lowest BCUT2D eigenvalue weighted by Crippen LogP contribution is -2.50. The highest BCUT2D eigenvalue weighted by molar-refractivity contribution is 6.10. The van der Waals surface area contributed by atoms with Crippen molar-refractivity contribution in [1.29, 1.82) is 0 Å². The molecular formula is C24H27FN2O3. The van der Waals surface area contributed by atoms with Gasteiger partial charge in [-0.25, -0.2) is 4.39 Å². The van der Waals surface area contributed by atoms with Gasteiger partial charge in [0.15, 0.2) is 5.78 Å². The van der Waals surface area contributed by atoms with Crippen molar-refractivity contribution in [3.05, 3.63) is 71.6 Å². The molecule has 2 aliphatic heterocycles. The van der Waals surface area contributed by atoms with Gasteiger partial charge in [-0.3, -0.25) is 14.5 Å². The largest absolute Gasteiger partial charge is 0.467 e. The summed E-state index contributed by atoms with van der Waals surface area (Å²) < 4.78 is 19.5. The van der Waals surface area contributed by atoms with Crippen LogP contribution in [-0.2, 0) is 16.1 Å². The maximum atomic E-state index is 14.1. The molecule has 1 amide bonds. The molecule has 0 saturated carbocycles. The minimum Gasteiger partial charge on any atom is -0.467 e. The van der Waals surface area contributed by atoms with Crippen LogP contribution in [0.15, 0.2) is 58.9 Å². The molecule has 2 aliphatic rings. The zero-order valence-corrected chi connectivity index (χ0v) is 17.4. The Labute approximate surface area is 176 Å². The molecule has 2 aromatic rings. The van der Waals surface area contributed by atoms with E-state index in [0.717, 1.165) is 25.9 Å². The van der Waals surface area contributed by atoms with Gasteiger partial charge in [0.25, 0.3) is 0 Å². The first kappa shape index (κ1) is 20.5. The number of rotatable bonds is 5. The van der Waals surface area contributed by atoms with Crippen molar-refractivity contribution in [2.45, 2.75) is 39.3 Å². The van der Waals surface area contributed by atoms with Crippen molar-refractivity contribution >= 4 is 11.7 Å². The predicted molar refractivity (Wildman–Crippen MR) is 111 cm³/mol. The van der Waals surface area contributed by atoms with Gasteiger partial charge in [0, 0.05) is 11.8 Å². The zero-order valence-electron chi connectivity index (χ0n) is 17.4. The summed E-state index contributed by atoms with van der Waals surface area (Å²) in [7, 11) is 0. The van der Waals surface area contributed by atoms with E-state index in [-0.39, 0.29) is 24.1 Å². The molecule has 30 heavy (non-hydrogen) atoms. The minimum absolute atomic E-state index is 0.221. The number of ketones is 1. The maximum absolute atomic E-state index is 14.1. The number of amides is 1. The number of allylic oxidation sites excluding steroid dienone is 2. The molecule has 0 bridgehead atoms. The van der Waals surface area contributed by atoms with Gasteiger partial charge in [-0.05, 0) is 68.6 Å². The Balaban J connectivity index is 1.71. The summed E-state index contributed by atoms with van der Waals surface area (Å²) in [4.78, 5) is 30.5. The third-order valence-electron chi connectivity index (χ3n) is 6.23. The Morgan fingerprint density at radius 2 is 1.93 bits per heavy atom. The third-order valence-corrected chi connectivity index (χ3v) is 6.23. The van der Waals surface area contributed by atoms with Gasteiger partial charge in [0.2, 0.25) is 5.91 Å². The molecule has 1 fully saturated rings. The summed E-state index contributed by atoms with van der Waals surface area (Å²) in [5.41, 5.74) is 1.27. The van der Waals surface area contributed by atoms with Gasteiger partial charge >= 0.3 is 0 Å². The second-order valence-corrected chi connectivity index (χ2v) is 8.39. The van der Waals surface area contributed by atoms with Gasteiger partial charge in [-0.1, -0.05) is 19.1 Å². The Bertz CT molecular complexity index is 945. The van der Waals surface area contributed by atoms with Crippen molar-refractivity contribution in [2.75, 3.05) is 13.1 Å². The van der Waals surface area contributed by atoms with Crippen LogP contribution < -0.4 is 0 Å². The fourth-order valence-corrected chi connectivity index (χ4v) is 4.50. The van der Waals surface area contributed by atoms with Gasteiger partial charge in [0.1, 0.15) is 17.5 Å². The molecule has 0 aliphatic carbocycles. The first-order valence-corrected chi connectivity index (χ1v) is 10.5. The minimum atomic E-state index is -0.904. The van der Waals surface area contributed by atoms with Gasteiger partial charge in [0.05, 0.1) is 18.8 Å². The fourth-order valence-electron chi connectivity index (χ4n) is 4.50. The second-order valence-electron chi connectivity index (χ2n) is 8.39. The van der Waals surface area contributed by atoms with Gasteiger partial charge < -0.3 is 9.32 Å². The first-order valence-electron chi connectivity index (χ1n) is 10.5. The number of benzene rings is 1. The van der Waals surface area contributed by atoms with E-state index in [1.165, 1.54) is 18.2 Å². The van der Waals surface area contributed by atoms with Crippen molar-refractivity contribution in [2.24, 2.45) is 11.8 Å². The first-order chi connectivity index (χ1) is 14.4. The van der Waals surface area contributed by atoms with E-state index in [4.69, 9.17) is 4.42 Å². The van der Waals surface area contributed by atoms with Crippen LogP contribution in [-0.4, -0.2) is 34.6 Å². The van der Waals surface area contributed by atoms with E-state index >= 15 is 0 Å². The normalized spacial score (nSPS) is 22.3. The van der Waals surface area contributed by atoms with Crippen LogP contribution in [0.5, 0.6) is 0 Å². The molecular weight excluding hydrogens is 383 g/mol. The van der Waals surface area contributed by atoms with Gasteiger partial charge in [-0.2, -0.15) is 0 Å². The molecule has 0 N–H and O–H groups in total. The van der Waals surface area contributed by atoms with Crippen molar-refractivity contribution in [3.63, 3.8) is 0 Å². The molecule has 1 aromatic carbocycles. The quantitative estimate of drug-likeness (QED) is 0.689.